The fraction of sp³-hybridized carbons (Fsp3) is 0.357. The Hall–Kier alpha value is -1.66. The number of esters is 1. The van der Waals surface area contributed by atoms with E-state index in [0.29, 0.717) is 0 Å². The van der Waals surface area contributed by atoms with Crippen LogP contribution in [-0.4, -0.2) is 37.9 Å². The zero-order valence-electron chi connectivity index (χ0n) is 11.4. The molecule has 108 valence electrons. The van der Waals surface area contributed by atoms with Gasteiger partial charge >= 0.3 is 5.97 Å². The molecule has 5 nitrogen and oxygen atoms in total. The van der Waals surface area contributed by atoms with E-state index in [9.17, 15) is 13.2 Å². The van der Waals surface area contributed by atoms with Gasteiger partial charge in [-0.05, 0) is 26.0 Å². The Balaban J connectivity index is 2.29. The third kappa shape index (κ3) is 2.76. The van der Waals surface area contributed by atoms with Gasteiger partial charge in [-0.15, -0.1) is 0 Å². The van der Waals surface area contributed by atoms with E-state index in [2.05, 4.69) is 0 Å². The van der Waals surface area contributed by atoms with Crippen LogP contribution in [0.15, 0.2) is 41.3 Å². The number of benzene rings is 1. The first-order valence-electron chi connectivity index (χ1n) is 6.38. The summed E-state index contributed by atoms with van der Waals surface area (Å²) >= 11 is 0. The summed E-state index contributed by atoms with van der Waals surface area (Å²) in [6.45, 7) is 3.98. The van der Waals surface area contributed by atoms with E-state index in [1.54, 1.807) is 43.3 Å². The first-order chi connectivity index (χ1) is 9.46. The van der Waals surface area contributed by atoms with Crippen LogP contribution in [0.5, 0.6) is 0 Å². The molecule has 0 fully saturated rings. The molecule has 0 N–H and O–H groups in total. The lowest BCUT2D eigenvalue weighted by atomic mass is 10.2. The molecule has 0 saturated carbocycles. The number of ether oxygens (including phenoxy) is 1. The number of aryl methyl sites for hydroxylation is 1. The Morgan fingerprint density at radius 2 is 2.00 bits per heavy atom. The smallest absolute Gasteiger partial charge is 0.328 e. The van der Waals surface area contributed by atoms with Crippen molar-refractivity contribution in [1.82, 2.24) is 4.31 Å². The van der Waals surface area contributed by atoms with Crippen LogP contribution in [0.2, 0.25) is 0 Å². The lowest BCUT2D eigenvalue weighted by molar-refractivity contribution is -0.145. The quantitative estimate of drug-likeness (QED) is 0.623. The molecule has 0 aromatic heterocycles. The van der Waals surface area contributed by atoms with Crippen molar-refractivity contribution in [2.75, 3.05) is 13.2 Å². The predicted octanol–water partition coefficient (Wildman–Crippen LogP) is 1.49. The van der Waals surface area contributed by atoms with Crippen molar-refractivity contribution >= 4 is 16.0 Å². The third-order valence-corrected chi connectivity index (χ3v) is 4.93. The standard InChI is InChI=1S/C14H17NO4S/c1-3-19-14(16)13-5-4-10-15(13)20(17,18)12-8-6-11(2)7-9-12/h4-9,13H,3,10H2,1-2H3/t13-/m0/s1. The minimum absolute atomic E-state index is 0.180. The highest BCUT2D eigenvalue weighted by atomic mass is 32.2. The first-order valence-corrected chi connectivity index (χ1v) is 7.82. The molecule has 1 heterocycles. The summed E-state index contributed by atoms with van der Waals surface area (Å²) in [4.78, 5) is 12.0. The lowest BCUT2D eigenvalue weighted by Gasteiger charge is -2.22. The van der Waals surface area contributed by atoms with Gasteiger partial charge in [-0.1, -0.05) is 29.8 Å². The van der Waals surface area contributed by atoms with Gasteiger partial charge in [0.15, 0.2) is 0 Å². The van der Waals surface area contributed by atoms with Crippen LogP contribution in [-0.2, 0) is 19.6 Å². The molecular weight excluding hydrogens is 278 g/mol. The molecule has 0 radical (unpaired) electrons. The molecule has 1 aliphatic heterocycles. The summed E-state index contributed by atoms with van der Waals surface area (Å²) in [6, 6.07) is 5.68. The van der Waals surface area contributed by atoms with Gasteiger partial charge in [0.25, 0.3) is 0 Å². The maximum atomic E-state index is 12.5. The normalized spacial score (nSPS) is 19.2. The SMILES string of the molecule is CCOC(=O)[C@@H]1C=CCN1S(=O)(=O)c1ccc(C)cc1. The van der Waals surface area contributed by atoms with Gasteiger partial charge in [-0.3, -0.25) is 0 Å². The van der Waals surface area contributed by atoms with Crippen LogP contribution in [0.1, 0.15) is 12.5 Å². The van der Waals surface area contributed by atoms with Gasteiger partial charge in [0, 0.05) is 6.54 Å². The second-order valence-corrected chi connectivity index (χ2v) is 6.40. The fourth-order valence-corrected chi connectivity index (χ4v) is 3.51. The molecule has 1 aromatic rings. The van der Waals surface area contributed by atoms with Gasteiger partial charge in [-0.2, -0.15) is 4.31 Å². The second kappa shape index (κ2) is 5.76. The van der Waals surface area contributed by atoms with Crippen molar-refractivity contribution in [2.24, 2.45) is 0 Å². The van der Waals surface area contributed by atoms with E-state index < -0.39 is 22.0 Å². The van der Waals surface area contributed by atoms with Gasteiger partial charge in [0.1, 0.15) is 6.04 Å². The molecule has 1 aliphatic rings. The molecule has 0 amide bonds. The number of sulfonamides is 1. The lowest BCUT2D eigenvalue weighted by Crippen LogP contribution is -2.41. The van der Waals surface area contributed by atoms with E-state index in [1.807, 2.05) is 6.92 Å². The van der Waals surface area contributed by atoms with Crippen molar-refractivity contribution in [3.8, 4) is 0 Å². The van der Waals surface area contributed by atoms with Crippen LogP contribution in [0.3, 0.4) is 0 Å². The average molecular weight is 295 g/mol. The maximum Gasteiger partial charge on any atom is 0.328 e. The topological polar surface area (TPSA) is 63.7 Å². The van der Waals surface area contributed by atoms with Crippen LogP contribution in [0, 0.1) is 6.92 Å². The van der Waals surface area contributed by atoms with Crippen LogP contribution >= 0.6 is 0 Å². The van der Waals surface area contributed by atoms with E-state index in [1.165, 1.54) is 0 Å². The fourth-order valence-electron chi connectivity index (χ4n) is 2.02. The summed E-state index contributed by atoms with van der Waals surface area (Å²) in [5, 5.41) is 0. The summed E-state index contributed by atoms with van der Waals surface area (Å²) in [7, 11) is -3.70. The van der Waals surface area contributed by atoms with Crippen molar-refractivity contribution in [3.63, 3.8) is 0 Å². The molecule has 2 rings (SSSR count). The highest BCUT2D eigenvalue weighted by molar-refractivity contribution is 7.89. The zero-order chi connectivity index (χ0) is 14.8. The molecule has 0 bridgehead atoms. The molecule has 20 heavy (non-hydrogen) atoms. The van der Waals surface area contributed by atoms with Crippen molar-refractivity contribution in [2.45, 2.75) is 24.8 Å². The zero-order valence-corrected chi connectivity index (χ0v) is 12.3. The molecule has 0 aliphatic carbocycles. The van der Waals surface area contributed by atoms with E-state index in [0.717, 1.165) is 9.87 Å². The molecule has 0 saturated heterocycles. The van der Waals surface area contributed by atoms with E-state index >= 15 is 0 Å². The monoisotopic (exact) mass is 295 g/mol. The molecule has 1 aromatic carbocycles. The second-order valence-electron chi connectivity index (χ2n) is 4.51. The maximum absolute atomic E-state index is 12.5. The third-order valence-electron chi connectivity index (χ3n) is 3.07. The summed E-state index contributed by atoms with van der Waals surface area (Å²) in [5.41, 5.74) is 0.977. The van der Waals surface area contributed by atoms with Gasteiger partial charge in [0.2, 0.25) is 10.0 Å². The molecule has 0 unspecified atom stereocenters. The Morgan fingerprint density at radius 1 is 1.35 bits per heavy atom. The minimum Gasteiger partial charge on any atom is -0.465 e. The van der Waals surface area contributed by atoms with E-state index in [4.69, 9.17) is 4.74 Å². The number of carbonyl (C=O) groups is 1. The number of hydrogen-bond donors (Lipinski definition) is 0. The number of rotatable bonds is 4. The summed E-state index contributed by atoms with van der Waals surface area (Å²) < 4.78 is 31.1. The van der Waals surface area contributed by atoms with Crippen molar-refractivity contribution in [3.05, 3.63) is 42.0 Å². The van der Waals surface area contributed by atoms with Crippen molar-refractivity contribution in [1.29, 1.82) is 0 Å². The Morgan fingerprint density at radius 3 is 2.60 bits per heavy atom. The molecule has 6 heteroatoms. The number of hydrogen-bond acceptors (Lipinski definition) is 4. The largest absolute Gasteiger partial charge is 0.465 e. The average Bonchev–Trinajstić information content (AvgIpc) is 2.89. The van der Waals surface area contributed by atoms with Crippen LogP contribution in [0.4, 0.5) is 0 Å². The highest BCUT2D eigenvalue weighted by Crippen LogP contribution is 2.23. The Bertz CT molecular complexity index is 619. The predicted molar refractivity (Wildman–Crippen MR) is 74.6 cm³/mol. The van der Waals surface area contributed by atoms with Gasteiger partial charge in [0.05, 0.1) is 11.5 Å². The van der Waals surface area contributed by atoms with E-state index in [-0.39, 0.29) is 18.0 Å². The summed E-state index contributed by atoms with van der Waals surface area (Å²) in [5.74, 6) is -0.545. The van der Waals surface area contributed by atoms with Gasteiger partial charge < -0.3 is 4.74 Å². The summed E-state index contributed by atoms with van der Waals surface area (Å²) in [6.07, 6.45) is 3.22. The number of nitrogens with zero attached hydrogens (tertiary/aromatic N) is 1. The van der Waals surface area contributed by atoms with Crippen LogP contribution < -0.4 is 0 Å². The van der Waals surface area contributed by atoms with Gasteiger partial charge in [-0.25, -0.2) is 13.2 Å². The molecular formula is C14H17NO4S. The molecule has 0 spiro atoms. The first kappa shape index (κ1) is 14.7. The van der Waals surface area contributed by atoms with Crippen molar-refractivity contribution < 1.29 is 17.9 Å². The van der Waals surface area contributed by atoms with Crippen LogP contribution in [0.25, 0.3) is 0 Å². The number of carbonyl (C=O) groups excluding carboxylic acids is 1. The highest BCUT2D eigenvalue weighted by Gasteiger charge is 2.37. The Kier molecular flexibility index (Phi) is 4.25. The minimum atomic E-state index is -3.70. The molecule has 1 atom stereocenters. The Labute approximate surface area is 118 Å².